The lowest BCUT2D eigenvalue weighted by atomic mass is 9.77. The molecule has 3 aromatic carbocycles. The molecule has 0 fully saturated rings. The summed E-state index contributed by atoms with van der Waals surface area (Å²) in [5.41, 5.74) is 2.20. The number of ketones is 2. The Bertz CT molecular complexity index is 1370. The summed E-state index contributed by atoms with van der Waals surface area (Å²) in [7, 11) is 1.51. The fourth-order valence-corrected chi connectivity index (χ4v) is 4.48. The van der Waals surface area contributed by atoms with Gasteiger partial charge in [-0.25, -0.2) is 0 Å². The van der Waals surface area contributed by atoms with E-state index in [1.54, 1.807) is 48.5 Å². The second-order valence-corrected chi connectivity index (χ2v) is 8.37. The fraction of sp³-hybridized carbons (Fsp3) is 0.148. The molecule has 0 aromatic heterocycles. The minimum atomic E-state index is -0.646. The number of benzene rings is 3. The molecular weight excluding hydrogens is 456 g/mol. The van der Waals surface area contributed by atoms with Crippen LogP contribution in [0, 0.1) is 0 Å². The van der Waals surface area contributed by atoms with Crippen molar-refractivity contribution in [1.82, 2.24) is 0 Å². The molecule has 2 aliphatic rings. The maximum absolute atomic E-state index is 13.3. The van der Waals surface area contributed by atoms with Crippen LogP contribution in [0.1, 0.15) is 44.2 Å². The Hall–Kier alpha value is -3.90. The molecule has 0 amide bonds. The van der Waals surface area contributed by atoms with Gasteiger partial charge < -0.3 is 14.2 Å². The average molecular weight is 475 g/mol. The number of esters is 1. The molecule has 0 spiro atoms. The maximum Gasteiger partial charge on any atom is 0.312 e. The van der Waals surface area contributed by atoms with Crippen LogP contribution < -0.4 is 9.47 Å². The van der Waals surface area contributed by atoms with Crippen LogP contribution in [0.3, 0.4) is 0 Å². The molecule has 1 heterocycles. The van der Waals surface area contributed by atoms with E-state index < -0.39 is 17.7 Å². The molecule has 0 N–H and O–H groups in total. The highest BCUT2D eigenvalue weighted by Crippen LogP contribution is 2.43. The van der Waals surface area contributed by atoms with Crippen molar-refractivity contribution in [3.05, 3.63) is 105 Å². The van der Waals surface area contributed by atoms with E-state index in [9.17, 15) is 14.4 Å². The van der Waals surface area contributed by atoms with Crippen LogP contribution in [0.4, 0.5) is 0 Å². The van der Waals surface area contributed by atoms with Crippen LogP contribution in [-0.2, 0) is 16.1 Å². The predicted octanol–water partition coefficient (Wildman–Crippen LogP) is 5.29. The Kier molecular flexibility index (Phi) is 5.67. The van der Waals surface area contributed by atoms with Crippen molar-refractivity contribution < 1.29 is 28.6 Å². The van der Waals surface area contributed by atoms with E-state index in [-0.39, 0.29) is 35.7 Å². The summed E-state index contributed by atoms with van der Waals surface area (Å²) in [6.45, 7) is 0.240. The van der Waals surface area contributed by atoms with E-state index in [1.807, 2.05) is 18.2 Å². The Morgan fingerprint density at radius 3 is 2.35 bits per heavy atom. The quantitative estimate of drug-likeness (QED) is 0.467. The number of hydrogen-bond acceptors (Lipinski definition) is 6. The summed E-state index contributed by atoms with van der Waals surface area (Å²) >= 11 is 6.21. The van der Waals surface area contributed by atoms with E-state index in [4.69, 9.17) is 25.8 Å². The monoisotopic (exact) mass is 474 g/mol. The van der Waals surface area contributed by atoms with Crippen molar-refractivity contribution in [1.29, 1.82) is 0 Å². The summed E-state index contributed by atoms with van der Waals surface area (Å²) < 4.78 is 16.7. The van der Waals surface area contributed by atoms with Crippen molar-refractivity contribution in [3.8, 4) is 11.5 Å². The lowest BCUT2D eigenvalue weighted by Gasteiger charge is -2.30. The van der Waals surface area contributed by atoms with Gasteiger partial charge in [-0.05, 0) is 23.8 Å². The molecule has 1 aliphatic heterocycles. The van der Waals surface area contributed by atoms with E-state index in [2.05, 4.69) is 0 Å². The summed E-state index contributed by atoms with van der Waals surface area (Å²) in [5, 5.41) is 0.596. The topological polar surface area (TPSA) is 78.9 Å². The SMILES string of the molecule is COc1cc(C2CC(=O)OC3=C2C(=O)c2ccccc2C3=O)ccc1OCc1ccccc1Cl. The second-order valence-electron chi connectivity index (χ2n) is 7.97. The molecule has 1 aliphatic carbocycles. The average Bonchev–Trinajstić information content (AvgIpc) is 2.86. The van der Waals surface area contributed by atoms with Gasteiger partial charge in [0, 0.05) is 27.6 Å². The molecule has 6 nitrogen and oxygen atoms in total. The number of carbonyl (C=O) groups is 3. The zero-order chi connectivity index (χ0) is 23.8. The summed E-state index contributed by atoms with van der Waals surface area (Å²) in [6.07, 6.45) is -0.0665. The van der Waals surface area contributed by atoms with Crippen molar-refractivity contribution in [2.75, 3.05) is 7.11 Å². The zero-order valence-electron chi connectivity index (χ0n) is 18.2. The number of rotatable bonds is 5. The molecule has 1 atom stereocenters. The first-order valence-electron chi connectivity index (χ1n) is 10.7. The van der Waals surface area contributed by atoms with Gasteiger partial charge in [0.2, 0.25) is 5.78 Å². The largest absolute Gasteiger partial charge is 0.493 e. The van der Waals surface area contributed by atoms with Crippen molar-refractivity contribution in [2.45, 2.75) is 18.9 Å². The number of methoxy groups -OCH3 is 1. The smallest absolute Gasteiger partial charge is 0.312 e. The molecule has 0 saturated heterocycles. The third kappa shape index (κ3) is 3.76. The molecule has 0 saturated carbocycles. The van der Waals surface area contributed by atoms with E-state index in [1.165, 1.54) is 7.11 Å². The summed E-state index contributed by atoms with van der Waals surface area (Å²) in [6, 6.07) is 19.1. The van der Waals surface area contributed by atoms with Gasteiger partial charge in [-0.3, -0.25) is 14.4 Å². The van der Waals surface area contributed by atoms with E-state index >= 15 is 0 Å². The normalized spacial score (nSPS) is 17.1. The number of Topliss-reactive ketones (excluding diaryl/α,β-unsaturated/α-hetero) is 2. The number of halogens is 1. The Balaban J connectivity index is 1.50. The first kappa shape index (κ1) is 21.9. The third-order valence-electron chi connectivity index (χ3n) is 5.98. The van der Waals surface area contributed by atoms with Crippen molar-refractivity contribution in [3.63, 3.8) is 0 Å². The van der Waals surface area contributed by atoms with Crippen LogP contribution in [0.15, 0.2) is 78.1 Å². The molecule has 7 heteroatoms. The predicted molar refractivity (Wildman–Crippen MR) is 124 cm³/mol. The molecule has 0 bridgehead atoms. The number of hydrogen-bond donors (Lipinski definition) is 0. The Morgan fingerprint density at radius 1 is 0.912 bits per heavy atom. The molecular formula is C27H19ClO6. The van der Waals surface area contributed by atoms with Crippen molar-refractivity contribution in [2.24, 2.45) is 0 Å². The molecule has 170 valence electrons. The zero-order valence-corrected chi connectivity index (χ0v) is 18.9. The fourth-order valence-electron chi connectivity index (χ4n) is 4.29. The maximum atomic E-state index is 13.3. The summed E-state index contributed by atoms with van der Waals surface area (Å²) in [4.78, 5) is 38.7. The highest BCUT2D eigenvalue weighted by Gasteiger charge is 2.43. The second kappa shape index (κ2) is 8.80. The lowest BCUT2D eigenvalue weighted by Crippen LogP contribution is -2.32. The molecule has 34 heavy (non-hydrogen) atoms. The summed E-state index contributed by atoms with van der Waals surface area (Å²) in [5.74, 6) is -1.27. The highest BCUT2D eigenvalue weighted by atomic mass is 35.5. The number of ether oxygens (including phenoxy) is 3. The molecule has 5 rings (SSSR count). The van der Waals surface area contributed by atoms with Gasteiger partial charge >= 0.3 is 5.97 Å². The van der Waals surface area contributed by atoms with Crippen LogP contribution in [0.25, 0.3) is 0 Å². The first-order valence-corrected chi connectivity index (χ1v) is 11.0. The van der Waals surface area contributed by atoms with Gasteiger partial charge in [0.15, 0.2) is 23.0 Å². The third-order valence-corrected chi connectivity index (χ3v) is 6.35. The number of fused-ring (bicyclic) bond motifs is 1. The van der Waals surface area contributed by atoms with Gasteiger partial charge in [0.25, 0.3) is 0 Å². The minimum Gasteiger partial charge on any atom is -0.493 e. The van der Waals surface area contributed by atoms with Crippen molar-refractivity contribution >= 4 is 29.1 Å². The molecule has 0 radical (unpaired) electrons. The number of allylic oxidation sites excluding steroid dienone is 2. The Labute approximate surface area is 200 Å². The van der Waals surface area contributed by atoms with E-state index in [0.717, 1.165) is 5.56 Å². The van der Waals surface area contributed by atoms with Gasteiger partial charge in [-0.1, -0.05) is 60.1 Å². The van der Waals surface area contributed by atoms with Crippen LogP contribution >= 0.6 is 11.6 Å². The number of carbonyl (C=O) groups excluding carboxylic acids is 3. The van der Waals surface area contributed by atoms with Crippen LogP contribution in [0.5, 0.6) is 11.5 Å². The first-order chi connectivity index (χ1) is 16.5. The minimum absolute atomic E-state index is 0.0665. The van der Waals surface area contributed by atoms with Gasteiger partial charge in [0.05, 0.1) is 19.1 Å². The van der Waals surface area contributed by atoms with Gasteiger partial charge in [0.1, 0.15) is 6.61 Å². The molecule has 1 unspecified atom stereocenters. The highest BCUT2D eigenvalue weighted by molar-refractivity contribution is 6.31. The van der Waals surface area contributed by atoms with Gasteiger partial charge in [-0.2, -0.15) is 0 Å². The lowest BCUT2D eigenvalue weighted by molar-refractivity contribution is -0.140. The van der Waals surface area contributed by atoms with Gasteiger partial charge in [-0.15, -0.1) is 0 Å². The van der Waals surface area contributed by atoms with Crippen LogP contribution in [0.2, 0.25) is 5.02 Å². The standard InChI is InChI=1S/C27H19ClO6/c1-32-22-12-15(10-11-21(22)33-14-16-6-2-5-9-20(16)28)19-13-23(29)34-27-24(19)25(30)17-7-3-4-8-18(17)26(27)31/h2-12,19H,13-14H2,1H3. The van der Waals surface area contributed by atoms with Crippen LogP contribution in [-0.4, -0.2) is 24.6 Å². The van der Waals surface area contributed by atoms with E-state index in [0.29, 0.717) is 27.6 Å². The molecule has 3 aromatic rings. The Morgan fingerprint density at radius 2 is 1.62 bits per heavy atom.